The standard InChI is InChI=1S/C22H17F4N3.ClH/c23-16-5-1-3-14(10-16)20-21(15-4-2-6-17(24)11-15)29-22(28-20)27-12-13-7-8-18(25)19(26)9-13;/h1-11,20-21H,12H2,(H2,27,28,29);1H/t20-,21+;. The Morgan fingerprint density at radius 1 is 0.700 bits per heavy atom. The molecule has 2 atom stereocenters. The molecule has 3 nitrogen and oxygen atoms in total. The van der Waals surface area contributed by atoms with Gasteiger partial charge in [0.2, 0.25) is 0 Å². The van der Waals surface area contributed by atoms with E-state index in [-0.39, 0.29) is 30.6 Å². The van der Waals surface area contributed by atoms with Crippen molar-refractivity contribution in [2.75, 3.05) is 0 Å². The number of nitrogens with zero attached hydrogens (tertiary/aromatic N) is 1. The lowest BCUT2D eigenvalue weighted by molar-refractivity contribution is 0.507. The molecule has 0 amide bonds. The van der Waals surface area contributed by atoms with Crippen molar-refractivity contribution in [1.82, 2.24) is 10.6 Å². The molecule has 1 fully saturated rings. The van der Waals surface area contributed by atoms with Crippen molar-refractivity contribution >= 4 is 18.4 Å². The monoisotopic (exact) mass is 435 g/mol. The Bertz CT molecular complexity index is 1020. The zero-order chi connectivity index (χ0) is 20.4. The molecule has 0 radical (unpaired) electrons. The third kappa shape index (κ3) is 4.74. The predicted molar refractivity (Wildman–Crippen MR) is 109 cm³/mol. The fourth-order valence-electron chi connectivity index (χ4n) is 3.35. The van der Waals surface area contributed by atoms with E-state index in [9.17, 15) is 17.6 Å². The van der Waals surface area contributed by atoms with Gasteiger partial charge in [-0.25, -0.2) is 22.6 Å². The number of nitrogens with one attached hydrogen (secondary N) is 2. The summed E-state index contributed by atoms with van der Waals surface area (Å²) in [5.41, 5.74) is 1.84. The Hall–Kier alpha value is -3.06. The number of rotatable bonds is 4. The molecular formula is C22H18ClF4N3. The van der Waals surface area contributed by atoms with Crippen molar-refractivity contribution in [3.8, 4) is 0 Å². The van der Waals surface area contributed by atoms with Crippen LogP contribution in [0.15, 0.2) is 71.7 Å². The summed E-state index contributed by atoms with van der Waals surface area (Å²) in [6.45, 7) is 0.109. The van der Waals surface area contributed by atoms with Crippen molar-refractivity contribution in [2.24, 2.45) is 4.99 Å². The van der Waals surface area contributed by atoms with E-state index in [0.717, 1.165) is 12.1 Å². The molecule has 4 rings (SSSR count). The van der Waals surface area contributed by atoms with Crippen molar-refractivity contribution in [1.29, 1.82) is 0 Å². The molecule has 8 heteroatoms. The molecule has 3 aromatic rings. The maximum absolute atomic E-state index is 13.7. The second-order valence-corrected chi connectivity index (χ2v) is 6.77. The predicted octanol–water partition coefficient (Wildman–Crippen LogP) is 5.20. The molecule has 156 valence electrons. The maximum atomic E-state index is 13.7. The normalized spacial score (nSPS) is 19.1. The number of aliphatic imine (C=N–C) groups is 1. The highest BCUT2D eigenvalue weighted by molar-refractivity contribution is 5.85. The van der Waals surface area contributed by atoms with E-state index in [1.807, 2.05) is 0 Å². The van der Waals surface area contributed by atoms with Crippen LogP contribution in [0.4, 0.5) is 17.6 Å². The highest BCUT2D eigenvalue weighted by Crippen LogP contribution is 2.33. The highest BCUT2D eigenvalue weighted by atomic mass is 35.5. The Morgan fingerprint density at radius 2 is 1.27 bits per heavy atom. The Morgan fingerprint density at radius 3 is 1.77 bits per heavy atom. The van der Waals surface area contributed by atoms with Crippen LogP contribution in [0.2, 0.25) is 0 Å². The first-order chi connectivity index (χ1) is 14.0. The van der Waals surface area contributed by atoms with Gasteiger partial charge in [-0.2, -0.15) is 0 Å². The first kappa shape index (κ1) is 21.6. The van der Waals surface area contributed by atoms with E-state index in [1.54, 1.807) is 24.3 Å². The topological polar surface area (TPSA) is 36.4 Å². The van der Waals surface area contributed by atoms with Crippen LogP contribution >= 0.6 is 12.4 Å². The summed E-state index contributed by atoms with van der Waals surface area (Å²) >= 11 is 0. The number of benzene rings is 3. The molecule has 0 saturated carbocycles. The van der Waals surface area contributed by atoms with Gasteiger partial charge in [-0.05, 0) is 53.1 Å². The van der Waals surface area contributed by atoms with Gasteiger partial charge in [-0.1, -0.05) is 30.3 Å². The van der Waals surface area contributed by atoms with E-state index < -0.39 is 23.7 Å². The van der Waals surface area contributed by atoms with Gasteiger partial charge in [0.1, 0.15) is 11.6 Å². The molecule has 3 aromatic carbocycles. The largest absolute Gasteiger partial charge is 0.347 e. The van der Waals surface area contributed by atoms with Crippen LogP contribution in [0.5, 0.6) is 0 Å². The summed E-state index contributed by atoms with van der Waals surface area (Å²) in [5.74, 6) is -2.22. The number of hydrogen-bond acceptors (Lipinski definition) is 1. The fourth-order valence-corrected chi connectivity index (χ4v) is 3.35. The van der Waals surface area contributed by atoms with Gasteiger partial charge in [0.05, 0.1) is 18.6 Å². The van der Waals surface area contributed by atoms with Gasteiger partial charge in [0.25, 0.3) is 0 Å². The summed E-state index contributed by atoms with van der Waals surface area (Å²) < 4.78 is 54.0. The molecule has 1 heterocycles. The lowest BCUT2D eigenvalue weighted by atomic mass is 9.95. The summed E-state index contributed by atoms with van der Waals surface area (Å²) in [6, 6.07) is 15.1. The SMILES string of the molecule is Cl.Fc1cccc([C@H]2NC(=NCc3ccc(F)c(F)c3)N[C@H]2c2cccc(F)c2)c1. The van der Waals surface area contributed by atoms with Gasteiger partial charge in [0.15, 0.2) is 17.6 Å². The minimum atomic E-state index is -0.940. The minimum Gasteiger partial charge on any atom is -0.347 e. The van der Waals surface area contributed by atoms with Gasteiger partial charge < -0.3 is 10.6 Å². The van der Waals surface area contributed by atoms with E-state index in [1.165, 1.54) is 30.3 Å². The molecule has 0 unspecified atom stereocenters. The van der Waals surface area contributed by atoms with Crippen LogP contribution in [-0.4, -0.2) is 5.96 Å². The van der Waals surface area contributed by atoms with E-state index in [2.05, 4.69) is 15.6 Å². The maximum Gasteiger partial charge on any atom is 0.192 e. The molecule has 1 aliphatic rings. The smallest absolute Gasteiger partial charge is 0.192 e. The molecular weight excluding hydrogens is 418 g/mol. The number of hydrogen-bond donors (Lipinski definition) is 2. The molecule has 2 N–H and O–H groups in total. The first-order valence-electron chi connectivity index (χ1n) is 9.02. The Labute approximate surface area is 177 Å². The van der Waals surface area contributed by atoms with Crippen molar-refractivity contribution < 1.29 is 17.6 Å². The first-order valence-corrected chi connectivity index (χ1v) is 9.02. The molecule has 30 heavy (non-hydrogen) atoms. The fraction of sp³-hybridized carbons (Fsp3) is 0.136. The Kier molecular flexibility index (Phi) is 6.62. The lowest BCUT2D eigenvalue weighted by Crippen LogP contribution is -2.25. The van der Waals surface area contributed by atoms with Crippen LogP contribution in [0, 0.1) is 23.3 Å². The van der Waals surface area contributed by atoms with Crippen molar-refractivity contribution in [3.05, 3.63) is 107 Å². The molecule has 0 spiro atoms. The Balaban J connectivity index is 0.00000256. The van der Waals surface area contributed by atoms with Gasteiger partial charge in [-0.15, -0.1) is 12.4 Å². The van der Waals surface area contributed by atoms with Crippen molar-refractivity contribution in [2.45, 2.75) is 18.6 Å². The quantitative estimate of drug-likeness (QED) is 0.553. The number of halogens is 5. The average Bonchev–Trinajstić information content (AvgIpc) is 3.13. The second-order valence-electron chi connectivity index (χ2n) is 6.77. The van der Waals surface area contributed by atoms with Crippen LogP contribution < -0.4 is 10.6 Å². The zero-order valence-corrected chi connectivity index (χ0v) is 16.4. The minimum absolute atomic E-state index is 0. The van der Waals surface area contributed by atoms with E-state index in [0.29, 0.717) is 22.6 Å². The van der Waals surface area contributed by atoms with Crippen LogP contribution in [0.1, 0.15) is 28.8 Å². The zero-order valence-electron chi connectivity index (χ0n) is 15.6. The van der Waals surface area contributed by atoms with Gasteiger partial charge in [0, 0.05) is 0 Å². The summed E-state index contributed by atoms with van der Waals surface area (Å²) in [4.78, 5) is 4.38. The van der Waals surface area contributed by atoms with Gasteiger partial charge >= 0.3 is 0 Å². The molecule has 0 bridgehead atoms. The summed E-state index contributed by atoms with van der Waals surface area (Å²) in [5, 5.41) is 6.36. The van der Waals surface area contributed by atoms with E-state index in [4.69, 9.17) is 0 Å². The van der Waals surface area contributed by atoms with Crippen molar-refractivity contribution in [3.63, 3.8) is 0 Å². The average molecular weight is 436 g/mol. The second kappa shape index (κ2) is 9.17. The molecule has 0 aromatic heterocycles. The molecule has 1 saturated heterocycles. The lowest BCUT2D eigenvalue weighted by Gasteiger charge is -2.19. The van der Waals surface area contributed by atoms with Crippen LogP contribution in [-0.2, 0) is 6.54 Å². The molecule has 1 aliphatic heterocycles. The summed E-state index contributed by atoms with van der Waals surface area (Å²) in [7, 11) is 0. The molecule has 0 aliphatic carbocycles. The summed E-state index contributed by atoms with van der Waals surface area (Å²) in [6.07, 6.45) is 0. The van der Waals surface area contributed by atoms with Gasteiger partial charge in [-0.3, -0.25) is 0 Å². The number of guanidine groups is 1. The third-order valence-corrected chi connectivity index (χ3v) is 4.74. The highest BCUT2D eigenvalue weighted by Gasteiger charge is 2.33. The van der Waals surface area contributed by atoms with Crippen LogP contribution in [0.25, 0.3) is 0 Å². The van der Waals surface area contributed by atoms with Crippen LogP contribution in [0.3, 0.4) is 0 Å². The third-order valence-electron chi connectivity index (χ3n) is 4.74. The van der Waals surface area contributed by atoms with E-state index >= 15 is 0 Å².